The first kappa shape index (κ1) is 17.7. The quantitative estimate of drug-likeness (QED) is 0.808. The van der Waals surface area contributed by atoms with Gasteiger partial charge in [0.2, 0.25) is 5.91 Å². The fraction of sp³-hybridized carbons (Fsp3) is 0.300. The van der Waals surface area contributed by atoms with Crippen LogP contribution in [0.4, 0.5) is 5.69 Å². The Labute approximate surface area is 142 Å². The van der Waals surface area contributed by atoms with Crippen LogP contribution in [0.15, 0.2) is 54.6 Å². The molecular weight excluding hydrogens is 302 g/mol. The van der Waals surface area contributed by atoms with Crippen molar-refractivity contribution in [3.8, 4) is 0 Å². The molecule has 4 nitrogen and oxygen atoms in total. The Kier molecular flexibility index (Phi) is 6.13. The predicted octanol–water partition coefficient (Wildman–Crippen LogP) is 4.24. The van der Waals surface area contributed by atoms with Crippen LogP contribution in [0.5, 0.6) is 0 Å². The highest BCUT2D eigenvalue weighted by atomic mass is 16.5. The first-order chi connectivity index (χ1) is 11.6. The third kappa shape index (κ3) is 4.22. The molecule has 0 unspecified atom stereocenters. The van der Waals surface area contributed by atoms with Gasteiger partial charge in [-0.1, -0.05) is 50.6 Å². The molecule has 0 heterocycles. The highest BCUT2D eigenvalue weighted by molar-refractivity contribution is 5.96. The van der Waals surface area contributed by atoms with E-state index < -0.39 is 5.97 Å². The highest BCUT2D eigenvalue weighted by Gasteiger charge is 2.25. The molecule has 0 fully saturated rings. The average Bonchev–Trinajstić information content (AvgIpc) is 2.62. The molecule has 0 aliphatic carbocycles. The van der Waals surface area contributed by atoms with E-state index in [2.05, 4.69) is 23.9 Å². The van der Waals surface area contributed by atoms with Crippen LogP contribution in [0.2, 0.25) is 0 Å². The van der Waals surface area contributed by atoms with E-state index in [1.165, 1.54) is 7.11 Å². The van der Waals surface area contributed by atoms with E-state index in [4.69, 9.17) is 0 Å². The summed E-state index contributed by atoms with van der Waals surface area (Å²) in [6.07, 6.45) is 0.911. The molecule has 0 aliphatic rings. The lowest BCUT2D eigenvalue weighted by Crippen LogP contribution is -2.26. The molecule has 2 rings (SSSR count). The molecule has 1 amide bonds. The molecule has 126 valence electrons. The number of methoxy groups -OCH3 is 1. The van der Waals surface area contributed by atoms with Gasteiger partial charge in [0.15, 0.2) is 0 Å². The summed E-state index contributed by atoms with van der Waals surface area (Å²) in [6.45, 7) is 4.16. The van der Waals surface area contributed by atoms with Crippen molar-refractivity contribution >= 4 is 17.6 Å². The summed E-state index contributed by atoms with van der Waals surface area (Å²) in [5, 5.41) is 2.95. The van der Waals surface area contributed by atoms with Crippen molar-refractivity contribution in [1.29, 1.82) is 0 Å². The topological polar surface area (TPSA) is 55.4 Å². The number of hydrogen-bond donors (Lipinski definition) is 1. The number of carbonyl (C=O) groups excluding carboxylic acids is 2. The van der Waals surface area contributed by atoms with Crippen LogP contribution in [0, 0.1) is 5.92 Å². The van der Waals surface area contributed by atoms with Crippen LogP contribution in [0.3, 0.4) is 0 Å². The summed E-state index contributed by atoms with van der Waals surface area (Å²) in [5.41, 5.74) is 2.13. The molecule has 0 aromatic heterocycles. The lowest BCUT2D eigenvalue weighted by atomic mass is 9.85. The highest BCUT2D eigenvalue weighted by Crippen LogP contribution is 2.28. The van der Waals surface area contributed by atoms with Gasteiger partial charge in [-0.15, -0.1) is 0 Å². The van der Waals surface area contributed by atoms with E-state index in [9.17, 15) is 9.59 Å². The summed E-state index contributed by atoms with van der Waals surface area (Å²) in [4.78, 5) is 24.2. The molecule has 0 aliphatic heterocycles. The van der Waals surface area contributed by atoms with Crippen molar-refractivity contribution in [3.05, 3.63) is 65.7 Å². The Morgan fingerprint density at radius 2 is 1.67 bits per heavy atom. The molecular formula is C20H23NO3. The van der Waals surface area contributed by atoms with Gasteiger partial charge in [0.1, 0.15) is 0 Å². The summed E-state index contributed by atoms with van der Waals surface area (Å²) in [7, 11) is 1.34. The summed E-state index contributed by atoms with van der Waals surface area (Å²) in [5.74, 6) is -0.422. The Morgan fingerprint density at radius 1 is 1.04 bits per heavy atom. The normalized spacial score (nSPS) is 13.0. The molecule has 0 saturated carbocycles. The smallest absolute Gasteiger partial charge is 0.337 e. The summed E-state index contributed by atoms with van der Waals surface area (Å²) < 4.78 is 4.67. The first-order valence-corrected chi connectivity index (χ1v) is 8.11. The Hall–Kier alpha value is -2.62. The lowest BCUT2D eigenvalue weighted by molar-refractivity contribution is -0.118. The summed E-state index contributed by atoms with van der Waals surface area (Å²) >= 11 is 0. The van der Waals surface area contributed by atoms with Crippen molar-refractivity contribution in [1.82, 2.24) is 0 Å². The standard InChI is InChI=1S/C20H23NO3/c1-4-14(2)18(15-8-6-5-7-9-15)19(22)21-17-12-10-16(11-13-17)20(23)24-3/h5-14,18H,4H2,1-3H3,(H,21,22)/t14-,18-/m1/s1. The van der Waals surface area contributed by atoms with Gasteiger partial charge < -0.3 is 10.1 Å². The fourth-order valence-corrected chi connectivity index (χ4v) is 2.66. The molecule has 0 spiro atoms. The van der Waals surface area contributed by atoms with E-state index in [1.807, 2.05) is 30.3 Å². The molecule has 1 N–H and O–H groups in total. The second kappa shape index (κ2) is 8.29. The number of anilines is 1. The maximum Gasteiger partial charge on any atom is 0.337 e. The van der Waals surface area contributed by atoms with Crippen LogP contribution in [0.25, 0.3) is 0 Å². The largest absolute Gasteiger partial charge is 0.465 e. The fourth-order valence-electron chi connectivity index (χ4n) is 2.66. The minimum absolute atomic E-state index is 0.0404. The molecule has 4 heteroatoms. The van der Waals surface area contributed by atoms with Crippen molar-refractivity contribution in [3.63, 3.8) is 0 Å². The number of carbonyl (C=O) groups is 2. The van der Waals surface area contributed by atoms with Crippen molar-refractivity contribution in [2.24, 2.45) is 5.92 Å². The maximum atomic E-state index is 12.8. The lowest BCUT2D eigenvalue weighted by Gasteiger charge is -2.22. The zero-order chi connectivity index (χ0) is 17.5. The Balaban J connectivity index is 2.17. The molecule has 2 aromatic carbocycles. The molecule has 24 heavy (non-hydrogen) atoms. The van der Waals surface area contributed by atoms with Crippen molar-refractivity contribution in [2.45, 2.75) is 26.2 Å². The molecule has 0 radical (unpaired) electrons. The van der Waals surface area contributed by atoms with Gasteiger partial charge >= 0.3 is 5.97 Å². The average molecular weight is 325 g/mol. The minimum atomic E-state index is -0.394. The molecule has 0 saturated heterocycles. The van der Waals surface area contributed by atoms with Gasteiger partial charge in [0.25, 0.3) is 0 Å². The van der Waals surface area contributed by atoms with E-state index in [0.29, 0.717) is 11.3 Å². The number of nitrogens with one attached hydrogen (secondary N) is 1. The van der Waals surface area contributed by atoms with Crippen LogP contribution in [0.1, 0.15) is 42.1 Å². The van der Waals surface area contributed by atoms with Crippen LogP contribution < -0.4 is 5.32 Å². The van der Waals surface area contributed by atoms with Crippen LogP contribution in [-0.2, 0) is 9.53 Å². The predicted molar refractivity (Wildman–Crippen MR) is 95.0 cm³/mol. The molecule has 0 bridgehead atoms. The number of esters is 1. The van der Waals surface area contributed by atoms with Gasteiger partial charge in [0, 0.05) is 5.69 Å². The Morgan fingerprint density at radius 3 is 2.21 bits per heavy atom. The van der Waals surface area contributed by atoms with Gasteiger partial charge in [-0.05, 0) is 35.7 Å². The zero-order valence-corrected chi connectivity index (χ0v) is 14.3. The third-order valence-corrected chi connectivity index (χ3v) is 4.23. The van der Waals surface area contributed by atoms with Crippen LogP contribution >= 0.6 is 0 Å². The van der Waals surface area contributed by atoms with E-state index >= 15 is 0 Å². The third-order valence-electron chi connectivity index (χ3n) is 4.23. The second-order valence-electron chi connectivity index (χ2n) is 5.83. The number of ether oxygens (including phenoxy) is 1. The first-order valence-electron chi connectivity index (χ1n) is 8.11. The minimum Gasteiger partial charge on any atom is -0.465 e. The monoisotopic (exact) mass is 325 g/mol. The van der Waals surface area contributed by atoms with Gasteiger partial charge in [-0.2, -0.15) is 0 Å². The van der Waals surface area contributed by atoms with Crippen molar-refractivity contribution < 1.29 is 14.3 Å². The van der Waals surface area contributed by atoms with Gasteiger partial charge in [-0.3, -0.25) is 4.79 Å². The Bertz CT molecular complexity index is 680. The number of amides is 1. The van der Waals surface area contributed by atoms with Gasteiger partial charge in [-0.25, -0.2) is 4.79 Å². The number of rotatable bonds is 6. The number of benzene rings is 2. The van der Waals surface area contributed by atoms with E-state index in [1.54, 1.807) is 24.3 Å². The van der Waals surface area contributed by atoms with E-state index in [-0.39, 0.29) is 17.7 Å². The molecule has 2 aromatic rings. The maximum absolute atomic E-state index is 12.8. The second-order valence-corrected chi connectivity index (χ2v) is 5.83. The van der Waals surface area contributed by atoms with E-state index in [0.717, 1.165) is 12.0 Å². The van der Waals surface area contributed by atoms with Crippen LogP contribution in [-0.4, -0.2) is 19.0 Å². The van der Waals surface area contributed by atoms with Gasteiger partial charge in [0.05, 0.1) is 18.6 Å². The zero-order valence-electron chi connectivity index (χ0n) is 14.3. The summed E-state index contributed by atoms with van der Waals surface area (Å²) in [6, 6.07) is 16.5. The molecule has 2 atom stereocenters. The SMILES string of the molecule is CC[C@@H](C)[C@@H](C(=O)Nc1ccc(C(=O)OC)cc1)c1ccccc1. The van der Waals surface area contributed by atoms with Crippen molar-refractivity contribution in [2.75, 3.05) is 12.4 Å². The number of hydrogen-bond acceptors (Lipinski definition) is 3.